The molecule has 1 aromatic heterocycles. The van der Waals surface area contributed by atoms with Crippen molar-refractivity contribution in [3.63, 3.8) is 0 Å². The van der Waals surface area contributed by atoms with Gasteiger partial charge in [0.2, 0.25) is 5.96 Å². The van der Waals surface area contributed by atoms with Crippen LogP contribution < -0.4 is 15.0 Å². The molecule has 4 rings (SSSR count). The van der Waals surface area contributed by atoms with Crippen LogP contribution in [0.3, 0.4) is 0 Å². The molecule has 2 heterocycles. The van der Waals surface area contributed by atoms with Crippen LogP contribution in [0.1, 0.15) is 12.0 Å². The highest BCUT2D eigenvalue weighted by Crippen LogP contribution is 2.31. The van der Waals surface area contributed by atoms with Crippen LogP contribution in [0, 0.1) is 11.3 Å². The van der Waals surface area contributed by atoms with E-state index < -0.39 is 0 Å². The molecule has 29 heavy (non-hydrogen) atoms. The SMILES string of the molecule is COc1cccc(CCN=C2NC=CC(CC#N)N2c2nc3ccccc3s2)c1. The van der Waals surface area contributed by atoms with Crippen LogP contribution in [0.4, 0.5) is 5.13 Å². The smallest absolute Gasteiger partial charge is 0.204 e. The summed E-state index contributed by atoms with van der Waals surface area (Å²) in [5, 5.41) is 13.4. The number of guanidine groups is 1. The molecule has 2 aromatic carbocycles. The predicted octanol–water partition coefficient (Wildman–Crippen LogP) is 4.11. The van der Waals surface area contributed by atoms with Crippen molar-refractivity contribution in [3.05, 3.63) is 66.4 Å². The van der Waals surface area contributed by atoms with Gasteiger partial charge in [0.05, 0.1) is 35.9 Å². The molecule has 1 unspecified atom stereocenters. The summed E-state index contributed by atoms with van der Waals surface area (Å²) in [6.07, 6.45) is 5.00. The summed E-state index contributed by atoms with van der Waals surface area (Å²) >= 11 is 1.61. The number of aromatic nitrogens is 1. The van der Waals surface area contributed by atoms with Gasteiger partial charge in [-0.2, -0.15) is 5.26 Å². The molecule has 1 aliphatic heterocycles. The van der Waals surface area contributed by atoms with Crippen molar-refractivity contribution in [3.8, 4) is 11.8 Å². The molecule has 0 bridgehead atoms. The molecule has 1 aliphatic rings. The average molecular weight is 404 g/mol. The number of fused-ring (bicyclic) bond motifs is 1. The van der Waals surface area contributed by atoms with Crippen molar-refractivity contribution in [2.75, 3.05) is 18.6 Å². The number of rotatable bonds is 6. The molecule has 0 spiro atoms. The summed E-state index contributed by atoms with van der Waals surface area (Å²) in [6.45, 7) is 0.615. The molecule has 0 fully saturated rings. The topological polar surface area (TPSA) is 73.5 Å². The predicted molar refractivity (Wildman–Crippen MR) is 117 cm³/mol. The molecule has 0 saturated carbocycles. The van der Waals surface area contributed by atoms with Gasteiger partial charge in [0.25, 0.3) is 0 Å². The van der Waals surface area contributed by atoms with Gasteiger partial charge >= 0.3 is 0 Å². The Morgan fingerprint density at radius 1 is 1.28 bits per heavy atom. The number of ether oxygens (including phenoxy) is 1. The lowest BCUT2D eigenvalue weighted by Gasteiger charge is -2.32. The van der Waals surface area contributed by atoms with Gasteiger partial charge in [-0.25, -0.2) is 4.98 Å². The summed E-state index contributed by atoms with van der Waals surface area (Å²) in [7, 11) is 1.67. The second kappa shape index (κ2) is 8.76. The maximum Gasteiger partial charge on any atom is 0.204 e. The van der Waals surface area contributed by atoms with Crippen LogP contribution in [-0.2, 0) is 6.42 Å². The fourth-order valence-corrected chi connectivity index (χ4v) is 4.26. The van der Waals surface area contributed by atoms with E-state index in [-0.39, 0.29) is 6.04 Å². The maximum atomic E-state index is 9.28. The number of para-hydroxylation sites is 1. The van der Waals surface area contributed by atoms with Crippen LogP contribution >= 0.6 is 11.3 Å². The van der Waals surface area contributed by atoms with Crippen LogP contribution in [-0.4, -0.2) is 30.6 Å². The van der Waals surface area contributed by atoms with Crippen molar-refractivity contribution in [2.24, 2.45) is 4.99 Å². The first kappa shape index (κ1) is 19.0. The normalized spacial score (nSPS) is 17.3. The lowest BCUT2D eigenvalue weighted by atomic mass is 10.1. The molecule has 3 aromatic rings. The minimum atomic E-state index is -0.0996. The number of nitrogens with zero attached hydrogens (tertiary/aromatic N) is 4. The number of nitrogens with one attached hydrogen (secondary N) is 1. The average Bonchev–Trinajstić information content (AvgIpc) is 3.18. The number of methoxy groups -OCH3 is 1. The number of thiazole rings is 1. The van der Waals surface area contributed by atoms with E-state index in [0.717, 1.165) is 33.5 Å². The minimum absolute atomic E-state index is 0.0996. The summed E-state index contributed by atoms with van der Waals surface area (Å²) in [4.78, 5) is 11.6. The van der Waals surface area contributed by atoms with Crippen molar-refractivity contribution >= 4 is 32.6 Å². The van der Waals surface area contributed by atoms with Crippen LogP contribution in [0.25, 0.3) is 10.2 Å². The number of nitriles is 1. The third-order valence-electron chi connectivity index (χ3n) is 4.68. The van der Waals surface area contributed by atoms with E-state index >= 15 is 0 Å². The van der Waals surface area contributed by atoms with Gasteiger partial charge < -0.3 is 10.1 Å². The molecule has 146 valence electrons. The molecule has 0 aliphatic carbocycles. The summed E-state index contributed by atoms with van der Waals surface area (Å²) < 4.78 is 6.41. The second-order valence-electron chi connectivity index (χ2n) is 6.57. The zero-order valence-electron chi connectivity index (χ0n) is 16.1. The van der Waals surface area contributed by atoms with Gasteiger partial charge in [0.1, 0.15) is 5.75 Å². The Morgan fingerprint density at radius 3 is 3.00 bits per heavy atom. The largest absolute Gasteiger partial charge is 0.497 e. The van der Waals surface area contributed by atoms with Gasteiger partial charge in [-0.3, -0.25) is 9.89 Å². The highest BCUT2D eigenvalue weighted by atomic mass is 32.1. The Kier molecular flexibility index (Phi) is 5.73. The monoisotopic (exact) mass is 403 g/mol. The van der Waals surface area contributed by atoms with E-state index in [1.54, 1.807) is 18.4 Å². The molecule has 1 atom stereocenters. The molecule has 0 radical (unpaired) electrons. The van der Waals surface area contributed by atoms with Crippen molar-refractivity contribution in [1.82, 2.24) is 10.3 Å². The van der Waals surface area contributed by atoms with Gasteiger partial charge in [-0.15, -0.1) is 0 Å². The molecule has 1 N–H and O–H groups in total. The van der Waals surface area contributed by atoms with E-state index in [2.05, 4.69) is 23.5 Å². The molecular formula is C22H21N5OS. The maximum absolute atomic E-state index is 9.28. The Hall–Kier alpha value is -3.37. The summed E-state index contributed by atoms with van der Waals surface area (Å²) in [6, 6.07) is 18.2. The summed E-state index contributed by atoms with van der Waals surface area (Å²) in [5.41, 5.74) is 2.12. The molecule has 0 saturated heterocycles. The van der Waals surface area contributed by atoms with E-state index in [9.17, 15) is 5.26 Å². The fourth-order valence-electron chi connectivity index (χ4n) is 3.24. The van der Waals surface area contributed by atoms with Crippen LogP contribution in [0.15, 0.2) is 65.8 Å². The van der Waals surface area contributed by atoms with Gasteiger partial charge in [-0.05, 0) is 42.3 Å². The minimum Gasteiger partial charge on any atom is -0.497 e. The lowest BCUT2D eigenvalue weighted by Crippen LogP contribution is -2.48. The number of aliphatic imine (C=N–C) groups is 1. The summed E-state index contributed by atoms with van der Waals surface area (Å²) in [5.74, 6) is 1.56. The Labute approximate surface area is 173 Å². The van der Waals surface area contributed by atoms with Crippen LogP contribution in [0.2, 0.25) is 0 Å². The van der Waals surface area contributed by atoms with E-state index in [1.165, 1.54) is 5.56 Å². The zero-order valence-corrected chi connectivity index (χ0v) is 16.9. The number of hydrogen-bond donors (Lipinski definition) is 1. The Bertz CT molecular complexity index is 1060. The first-order valence-electron chi connectivity index (χ1n) is 9.41. The number of benzene rings is 2. The third kappa shape index (κ3) is 4.23. The highest BCUT2D eigenvalue weighted by Gasteiger charge is 2.27. The molecule has 0 amide bonds. The zero-order chi connectivity index (χ0) is 20.1. The Balaban J connectivity index is 1.60. The lowest BCUT2D eigenvalue weighted by molar-refractivity contribution is 0.414. The molecule has 7 heteroatoms. The second-order valence-corrected chi connectivity index (χ2v) is 7.58. The van der Waals surface area contributed by atoms with Gasteiger partial charge in [-0.1, -0.05) is 35.6 Å². The van der Waals surface area contributed by atoms with Crippen molar-refractivity contribution in [2.45, 2.75) is 18.9 Å². The van der Waals surface area contributed by atoms with Gasteiger partial charge in [0.15, 0.2) is 5.13 Å². The van der Waals surface area contributed by atoms with Crippen molar-refractivity contribution in [1.29, 1.82) is 5.26 Å². The van der Waals surface area contributed by atoms with Gasteiger partial charge in [0, 0.05) is 12.7 Å². The van der Waals surface area contributed by atoms with Crippen LogP contribution in [0.5, 0.6) is 5.75 Å². The first-order chi connectivity index (χ1) is 14.3. The molecule has 6 nitrogen and oxygen atoms in total. The van der Waals surface area contributed by atoms with E-state index in [4.69, 9.17) is 14.7 Å². The third-order valence-corrected chi connectivity index (χ3v) is 5.71. The van der Waals surface area contributed by atoms with Crippen molar-refractivity contribution < 1.29 is 4.74 Å². The fraction of sp³-hybridized carbons (Fsp3) is 0.227. The number of hydrogen-bond acceptors (Lipinski definition) is 5. The Morgan fingerprint density at radius 2 is 2.17 bits per heavy atom. The highest BCUT2D eigenvalue weighted by molar-refractivity contribution is 7.22. The molecular weight excluding hydrogens is 382 g/mol. The number of anilines is 1. The van der Waals surface area contributed by atoms with E-state index in [1.807, 2.05) is 53.6 Å². The first-order valence-corrected chi connectivity index (χ1v) is 10.2. The standard InChI is InChI=1S/C22H21N5OS/c1-28-18-6-4-5-16(15-18)10-13-24-21-25-14-11-17(9-12-23)27(21)22-26-19-7-2-3-8-20(19)29-22/h2-8,11,14-15,17H,9-10,13H2,1H3,(H,24,25). The quantitative estimate of drug-likeness (QED) is 0.670. The van der Waals surface area contributed by atoms with E-state index in [0.29, 0.717) is 13.0 Å².